The second kappa shape index (κ2) is 10.2. The summed E-state index contributed by atoms with van der Waals surface area (Å²) in [4.78, 5) is 14.3. The molecule has 5 heteroatoms. The minimum absolute atomic E-state index is 0.292. The number of ether oxygens (including phenoxy) is 2. The molecule has 1 atom stereocenters. The van der Waals surface area contributed by atoms with E-state index in [-0.39, 0.29) is 5.97 Å². The fourth-order valence-electron chi connectivity index (χ4n) is 8.30. The van der Waals surface area contributed by atoms with Gasteiger partial charge in [0.15, 0.2) is 0 Å². The zero-order chi connectivity index (χ0) is 30.0. The molecule has 0 radical (unpaired) electrons. The average Bonchev–Trinajstić information content (AvgIpc) is 3.24. The van der Waals surface area contributed by atoms with Crippen LogP contribution in [0.25, 0.3) is 11.1 Å². The van der Waals surface area contributed by atoms with Gasteiger partial charge >= 0.3 is 253 Å². The van der Waals surface area contributed by atoms with Crippen LogP contribution in [-0.2, 0) is 22.3 Å². The van der Waals surface area contributed by atoms with Gasteiger partial charge in [-0.2, -0.15) is 0 Å². The van der Waals surface area contributed by atoms with Gasteiger partial charge in [-0.3, -0.25) is 0 Å². The molecule has 1 aliphatic heterocycles. The predicted molar refractivity (Wildman–Crippen MR) is 171 cm³/mol. The Morgan fingerprint density at radius 3 is 1.55 bits per heavy atom. The normalized spacial score (nSPS) is 17.6. The van der Waals surface area contributed by atoms with Crippen molar-refractivity contribution in [3.63, 3.8) is 0 Å². The molecule has 0 saturated heterocycles. The van der Waals surface area contributed by atoms with Crippen LogP contribution in [0, 0.1) is 47.5 Å². The van der Waals surface area contributed by atoms with Crippen molar-refractivity contribution >= 4 is 28.4 Å². The van der Waals surface area contributed by atoms with E-state index in [4.69, 9.17) is 13.2 Å². The average molecular weight is 619 g/mol. The van der Waals surface area contributed by atoms with Crippen LogP contribution >= 0.6 is 0 Å². The van der Waals surface area contributed by atoms with Gasteiger partial charge in [0, 0.05) is 0 Å². The monoisotopic (exact) mass is 620 g/mol. The molecular formula is C37H38GeO4. The van der Waals surface area contributed by atoms with E-state index in [9.17, 15) is 4.79 Å². The molecule has 0 unspecified atom stereocenters. The van der Waals surface area contributed by atoms with E-state index in [0.29, 0.717) is 5.95 Å². The summed E-state index contributed by atoms with van der Waals surface area (Å²) in [5.41, 5.74) is 11.6. The first kappa shape index (κ1) is 28.4. The summed E-state index contributed by atoms with van der Waals surface area (Å²) in [5, 5.41) is 0. The summed E-state index contributed by atoms with van der Waals surface area (Å²) in [6, 6.07) is 26.2. The number of benzene rings is 4. The second-order valence-electron chi connectivity index (χ2n) is 11.9. The summed E-state index contributed by atoms with van der Waals surface area (Å²) >= 11 is -4.44. The molecule has 0 saturated carbocycles. The van der Waals surface area contributed by atoms with Crippen LogP contribution in [0.1, 0.15) is 44.5 Å². The van der Waals surface area contributed by atoms with Crippen LogP contribution in [0.3, 0.4) is 0 Å². The van der Waals surface area contributed by atoms with Crippen LogP contribution in [-0.4, -0.2) is 33.8 Å². The van der Waals surface area contributed by atoms with Gasteiger partial charge in [-0.15, -0.1) is 0 Å². The number of fused-ring (bicyclic) bond motifs is 5. The Balaban J connectivity index is 1.96. The van der Waals surface area contributed by atoms with Crippen LogP contribution in [0.2, 0.25) is 0 Å². The molecule has 0 aromatic heterocycles. The van der Waals surface area contributed by atoms with Crippen molar-refractivity contribution in [3.05, 3.63) is 129 Å². The van der Waals surface area contributed by atoms with Gasteiger partial charge in [0.25, 0.3) is 0 Å². The van der Waals surface area contributed by atoms with E-state index in [1.54, 1.807) is 7.11 Å². The van der Waals surface area contributed by atoms with Gasteiger partial charge in [0.05, 0.1) is 0 Å². The van der Waals surface area contributed by atoms with Gasteiger partial charge in [0.1, 0.15) is 0 Å². The van der Waals surface area contributed by atoms with Crippen LogP contribution in [0.15, 0.2) is 84.8 Å². The zero-order valence-electron chi connectivity index (χ0n) is 25.7. The molecule has 6 rings (SSSR count). The first-order valence-electron chi connectivity index (χ1n) is 14.5. The van der Waals surface area contributed by atoms with E-state index in [1.165, 1.54) is 49.3 Å². The van der Waals surface area contributed by atoms with Gasteiger partial charge < -0.3 is 0 Å². The summed E-state index contributed by atoms with van der Waals surface area (Å²) < 4.78 is 20.8. The topological polar surface area (TPSA) is 44.8 Å². The van der Waals surface area contributed by atoms with Gasteiger partial charge in [0.2, 0.25) is 0 Å². The number of carbonyl (C=O) groups excluding carboxylic acids is 1. The molecule has 0 amide bonds. The molecule has 4 nitrogen and oxygen atoms in total. The van der Waals surface area contributed by atoms with Crippen molar-refractivity contribution < 1.29 is 18.0 Å². The molecule has 4 aromatic carbocycles. The maximum atomic E-state index is 14.3. The molecule has 0 bridgehead atoms. The van der Waals surface area contributed by atoms with Gasteiger partial charge in [-0.25, -0.2) is 0 Å². The van der Waals surface area contributed by atoms with E-state index >= 15 is 0 Å². The van der Waals surface area contributed by atoms with Crippen molar-refractivity contribution in [2.24, 2.45) is 5.92 Å². The number of rotatable bonds is 4. The first-order valence-corrected chi connectivity index (χ1v) is 18.5. The predicted octanol–water partition coefficient (Wildman–Crippen LogP) is 6.41. The third-order valence-corrected chi connectivity index (χ3v) is 20.7. The Morgan fingerprint density at radius 1 is 0.714 bits per heavy atom. The zero-order valence-corrected chi connectivity index (χ0v) is 27.8. The number of esters is 1. The third kappa shape index (κ3) is 3.70. The van der Waals surface area contributed by atoms with E-state index in [1.807, 2.05) is 6.08 Å². The van der Waals surface area contributed by atoms with Crippen molar-refractivity contribution in [2.75, 3.05) is 14.2 Å². The van der Waals surface area contributed by atoms with Crippen molar-refractivity contribution in [2.45, 2.75) is 45.8 Å². The van der Waals surface area contributed by atoms with Gasteiger partial charge in [-0.1, -0.05) is 0 Å². The number of hydrogen-bond donors (Lipinski definition) is 0. The third-order valence-electron chi connectivity index (χ3n) is 9.29. The summed E-state index contributed by atoms with van der Waals surface area (Å²) in [6.07, 6.45) is 1.87. The quantitative estimate of drug-likeness (QED) is 0.196. The van der Waals surface area contributed by atoms with Crippen molar-refractivity contribution in [1.82, 2.24) is 0 Å². The maximum absolute atomic E-state index is 14.3. The Labute approximate surface area is 252 Å². The van der Waals surface area contributed by atoms with E-state index in [2.05, 4.69) is 114 Å². The van der Waals surface area contributed by atoms with Crippen molar-refractivity contribution in [3.8, 4) is 11.1 Å². The number of hydrogen-bond acceptors (Lipinski definition) is 4. The van der Waals surface area contributed by atoms with Crippen LogP contribution in [0.5, 0.6) is 0 Å². The molecule has 2 aliphatic rings. The second-order valence-corrected chi connectivity index (χ2v) is 19.0. The van der Waals surface area contributed by atoms with Crippen LogP contribution < -0.4 is 8.79 Å². The molecule has 0 fully saturated rings. The Kier molecular flexibility index (Phi) is 6.89. The molecule has 4 aromatic rings. The molecule has 214 valence electrons. The summed E-state index contributed by atoms with van der Waals surface area (Å²) in [5.74, 6) is -0.577. The Morgan fingerprint density at radius 2 is 1.14 bits per heavy atom. The molecule has 0 N–H and O–H groups in total. The number of carbonyl (C=O) groups is 1. The molecule has 1 aliphatic carbocycles. The standard InChI is InChI=1S/C37H38GeO4/c1-22-17-24(3)34(25(4)18-22)38(35-26(5)19-23(2)20-27(35)6)37(32(36(39)41-8)21-33(40-7)42-38)30-15-11-9-13-28(30)29-14-10-12-16-31(29)37/h9-21,32H,1-8H3/t32-/m0/s1. The van der Waals surface area contributed by atoms with E-state index < -0.39 is 23.8 Å². The van der Waals surface area contributed by atoms with Gasteiger partial charge in [-0.05, 0) is 0 Å². The van der Waals surface area contributed by atoms with Crippen molar-refractivity contribution in [1.29, 1.82) is 0 Å². The molecule has 42 heavy (non-hydrogen) atoms. The molecule has 1 heterocycles. The number of aryl methyl sites for hydroxylation is 6. The SMILES string of the molecule is COC(=O)[C@@H]1C=C(OC)[O][Ge]([c]2c(C)cc(C)cc2C)([c]2c(C)cc(C)cc2C)[C]12c1ccccc1-c1ccccc12. The first-order chi connectivity index (χ1) is 20.1. The summed E-state index contributed by atoms with van der Waals surface area (Å²) in [7, 11) is 3.11. The van der Waals surface area contributed by atoms with Crippen LogP contribution in [0.4, 0.5) is 0 Å². The minimum atomic E-state index is -4.44. The molecular weight excluding hydrogens is 581 g/mol. The fourth-order valence-corrected chi connectivity index (χ4v) is 21.3. The fraction of sp³-hybridized carbons (Fsp3) is 0.270. The van der Waals surface area contributed by atoms with E-state index in [0.717, 1.165) is 22.3 Å². The summed E-state index contributed by atoms with van der Waals surface area (Å²) in [6.45, 7) is 13.1. The Bertz CT molecular complexity index is 1630. The molecule has 1 spiro atoms. The number of methoxy groups -OCH3 is 2. The Hall–Kier alpha value is -3.77.